The van der Waals surface area contributed by atoms with E-state index in [0.717, 1.165) is 31.7 Å². The van der Waals surface area contributed by atoms with Crippen molar-refractivity contribution in [3.63, 3.8) is 0 Å². The third-order valence-electron chi connectivity index (χ3n) is 5.51. The second-order valence-corrected chi connectivity index (χ2v) is 7.56. The normalized spacial score (nSPS) is 19.9. The highest BCUT2D eigenvalue weighted by Gasteiger charge is 2.47. The van der Waals surface area contributed by atoms with Gasteiger partial charge in [-0.15, -0.1) is 0 Å². The molecule has 0 bridgehead atoms. The minimum atomic E-state index is -0.273. The standard InChI is InChI=1S/C21H25FN2O/c1-25-20-8-7-18(11-19(20)22)13-24-15-21(16-24)9-10-23(14-21)12-17-5-3-2-4-6-17/h2-8,11H,9-10,12-16H2,1H3. The van der Waals surface area contributed by atoms with Crippen LogP contribution in [0.15, 0.2) is 48.5 Å². The van der Waals surface area contributed by atoms with Gasteiger partial charge in [0.05, 0.1) is 7.11 Å². The van der Waals surface area contributed by atoms with E-state index in [-0.39, 0.29) is 5.82 Å². The molecule has 3 nitrogen and oxygen atoms in total. The van der Waals surface area contributed by atoms with Crippen molar-refractivity contribution in [1.29, 1.82) is 0 Å². The molecule has 0 radical (unpaired) electrons. The van der Waals surface area contributed by atoms with Crippen LogP contribution in [0.2, 0.25) is 0 Å². The van der Waals surface area contributed by atoms with Crippen molar-refractivity contribution in [3.8, 4) is 5.75 Å². The highest BCUT2D eigenvalue weighted by molar-refractivity contribution is 5.29. The van der Waals surface area contributed by atoms with Gasteiger partial charge >= 0.3 is 0 Å². The molecule has 2 aliphatic rings. The van der Waals surface area contributed by atoms with Crippen molar-refractivity contribution >= 4 is 0 Å². The SMILES string of the molecule is COc1ccc(CN2CC3(CCN(Cc4ccccc4)C3)C2)cc1F. The second-order valence-electron chi connectivity index (χ2n) is 7.56. The molecule has 0 amide bonds. The average molecular weight is 340 g/mol. The number of likely N-dealkylation sites (tertiary alicyclic amines) is 2. The topological polar surface area (TPSA) is 15.7 Å². The molecule has 0 atom stereocenters. The summed E-state index contributed by atoms with van der Waals surface area (Å²) in [6.07, 6.45) is 1.27. The zero-order valence-electron chi connectivity index (χ0n) is 14.7. The molecular weight excluding hydrogens is 315 g/mol. The van der Waals surface area contributed by atoms with Crippen LogP contribution in [0.1, 0.15) is 17.5 Å². The van der Waals surface area contributed by atoms with Gasteiger partial charge in [-0.3, -0.25) is 9.80 Å². The van der Waals surface area contributed by atoms with Gasteiger partial charge in [0.2, 0.25) is 0 Å². The van der Waals surface area contributed by atoms with E-state index < -0.39 is 0 Å². The number of hydrogen-bond donors (Lipinski definition) is 0. The fourth-order valence-corrected chi connectivity index (χ4v) is 4.34. The summed E-state index contributed by atoms with van der Waals surface area (Å²) in [5, 5.41) is 0. The summed E-state index contributed by atoms with van der Waals surface area (Å²) >= 11 is 0. The first-order valence-corrected chi connectivity index (χ1v) is 8.97. The summed E-state index contributed by atoms with van der Waals surface area (Å²) in [4.78, 5) is 4.99. The van der Waals surface area contributed by atoms with Crippen molar-refractivity contribution in [1.82, 2.24) is 9.80 Å². The summed E-state index contributed by atoms with van der Waals surface area (Å²) in [7, 11) is 1.50. The fourth-order valence-electron chi connectivity index (χ4n) is 4.34. The molecule has 2 heterocycles. The molecule has 25 heavy (non-hydrogen) atoms. The smallest absolute Gasteiger partial charge is 0.165 e. The van der Waals surface area contributed by atoms with Crippen molar-refractivity contribution in [3.05, 3.63) is 65.5 Å². The molecule has 2 fully saturated rings. The lowest BCUT2D eigenvalue weighted by Crippen LogP contribution is -2.56. The van der Waals surface area contributed by atoms with Crippen LogP contribution in [-0.4, -0.2) is 43.1 Å². The van der Waals surface area contributed by atoms with E-state index in [4.69, 9.17) is 4.74 Å². The molecule has 0 saturated carbocycles. The molecule has 4 rings (SSSR count). The molecule has 0 aromatic heterocycles. The van der Waals surface area contributed by atoms with E-state index in [1.54, 1.807) is 12.1 Å². The largest absolute Gasteiger partial charge is 0.494 e. The maximum atomic E-state index is 13.8. The lowest BCUT2D eigenvalue weighted by Gasteiger charge is -2.48. The van der Waals surface area contributed by atoms with Gasteiger partial charge < -0.3 is 4.74 Å². The molecule has 0 N–H and O–H groups in total. The van der Waals surface area contributed by atoms with E-state index in [1.807, 2.05) is 6.07 Å². The summed E-state index contributed by atoms with van der Waals surface area (Å²) in [5.74, 6) is 0.0429. The summed E-state index contributed by atoms with van der Waals surface area (Å²) in [5.41, 5.74) is 2.86. The summed E-state index contributed by atoms with van der Waals surface area (Å²) < 4.78 is 18.8. The Hall–Kier alpha value is -1.91. The van der Waals surface area contributed by atoms with Gasteiger partial charge in [0.25, 0.3) is 0 Å². The van der Waals surface area contributed by atoms with Crippen LogP contribution in [0.3, 0.4) is 0 Å². The van der Waals surface area contributed by atoms with Gasteiger partial charge in [0.1, 0.15) is 0 Å². The first-order chi connectivity index (χ1) is 12.2. The van der Waals surface area contributed by atoms with Crippen LogP contribution in [0.25, 0.3) is 0 Å². The molecule has 0 aliphatic carbocycles. The van der Waals surface area contributed by atoms with E-state index in [0.29, 0.717) is 11.2 Å². The van der Waals surface area contributed by atoms with Crippen molar-refractivity contribution in [2.45, 2.75) is 19.5 Å². The van der Waals surface area contributed by atoms with Crippen molar-refractivity contribution in [2.75, 3.05) is 33.3 Å². The van der Waals surface area contributed by atoms with Crippen LogP contribution in [-0.2, 0) is 13.1 Å². The molecule has 4 heteroatoms. The lowest BCUT2D eigenvalue weighted by molar-refractivity contribution is 0.00154. The Morgan fingerprint density at radius 1 is 0.960 bits per heavy atom. The lowest BCUT2D eigenvalue weighted by atomic mass is 9.79. The van der Waals surface area contributed by atoms with E-state index >= 15 is 0 Å². The van der Waals surface area contributed by atoms with Gasteiger partial charge in [-0.05, 0) is 36.2 Å². The first-order valence-electron chi connectivity index (χ1n) is 8.97. The molecule has 2 aromatic rings. The molecule has 2 aromatic carbocycles. The maximum Gasteiger partial charge on any atom is 0.165 e. The minimum Gasteiger partial charge on any atom is -0.494 e. The number of ether oxygens (including phenoxy) is 1. The molecular formula is C21H25FN2O. The Morgan fingerprint density at radius 2 is 1.68 bits per heavy atom. The van der Waals surface area contributed by atoms with Gasteiger partial charge in [-0.25, -0.2) is 4.39 Å². The molecule has 0 unspecified atom stereocenters. The Balaban J connectivity index is 1.29. The Morgan fingerprint density at radius 3 is 2.40 bits per heavy atom. The Bertz CT molecular complexity index is 728. The molecule has 132 valence electrons. The van der Waals surface area contributed by atoms with Gasteiger partial charge in [-0.1, -0.05) is 36.4 Å². The number of nitrogens with zero attached hydrogens (tertiary/aromatic N) is 2. The average Bonchev–Trinajstić information content (AvgIpc) is 3.00. The number of methoxy groups -OCH3 is 1. The first kappa shape index (κ1) is 16.6. The molecule has 2 aliphatic heterocycles. The second kappa shape index (κ2) is 6.77. The summed E-state index contributed by atoms with van der Waals surface area (Å²) in [6.45, 7) is 6.46. The van der Waals surface area contributed by atoms with Crippen LogP contribution >= 0.6 is 0 Å². The predicted molar refractivity (Wildman–Crippen MR) is 97.0 cm³/mol. The number of benzene rings is 2. The van der Waals surface area contributed by atoms with Crippen LogP contribution in [0, 0.1) is 11.2 Å². The van der Waals surface area contributed by atoms with Crippen LogP contribution in [0.4, 0.5) is 4.39 Å². The fraction of sp³-hybridized carbons (Fsp3) is 0.429. The van der Waals surface area contributed by atoms with Gasteiger partial charge in [0, 0.05) is 38.1 Å². The van der Waals surface area contributed by atoms with Crippen LogP contribution < -0.4 is 4.74 Å². The predicted octanol–water partition coefficient (Wildman–Crippen LogP) is 3.54. The highest BCUT2D eigenvalue weighted by atomic mass is 19.1. The Kier molecular flexibility index (Phi) is 4.48. The third kappa shape index (κ3) is 3.55. The minimum absolute atomic E-state index is 0.273. The van der Waals surface area contributed by atoms with E-state index in [1.165, 1.54) is 32.2 Å². The molecule has 1 spiro atoms. The number of halogens is 1. The van der Waals surface area contributed by atoms with E-state index in [2.05, 4.69) is 40.1 Å². The highest BCUT2D eigenvalue weighted by Crippen LogP contribution is 2.40. The Labute approximate surface area is 149 Å². The maximum absolute atomic E-state index is 13.8. The summed E-state index contributed by atoms with van der Waals surface area (Å²) in [6, 6.07) is 16.0. The number of rotatable bonds is 5. The zero-order chi connectivity index (χ0) is 17.3. The van der Waals surface area contributed by atoms with Crippen LogP contribution in [0.5, 0.6) is 5.75 Å². The van der Waals surface area contributed by atoms with Gasteiger partial charge in [0.15, 0.2) is 11.6 Å². The van der Waals surface area contributed by atoms with Gasteiger partial charge in [-0.2, -0.15) is 0 Å². The van der Waals surface area contributed by atoms with E-state index in [9.17, 15) is 4.39 Å². The van der Waals surface area contributed by atoms with Crippen molar-refractivity contribution < 1.29 is 9.13 Å². The molecule has 2 saturated heterocycles. The quantitative estimate of drug-likeness (QED) is 0.828. The monoisotopic (exact) mass is 340 g/mol. The number of hydrogen-bond acceptors (Lipinski definition) is 3. The zero-order valence-corrected chi connectivity index (χ0v) is 14.7. The third-order valence-corrected chi connectivity index (χ3v) is 5.51. The van der Waals surface area contributed by atoms with Crippen molar-refractivity contribution in [2.24, 2.45) is 5.41 Å².